The molecule has 0 radical (unpaired) electrons. The van der Waals surface area contributed by atoms with Crippen LogP contribution < -0.4 is 9.80 Å². The number of anilines is 2. The molecule has 190 valence electrons. The van der Waals surface area contributed by atoms with Gasteiger partial charge in [-0.1, -0.05) is 66.7 Å². The lowest BCUT2D eigenvalue weighted by atomic mass is 10.1. The summed E-state index contributed by atoms with van der Waals surface area (Å²) in [4.78, 5) is 43.8. The van der Waals surface area contributed by atoms with Crippen LogP contribution in [0.1, 0.15) is 33.9 Å². The minimum Gasteiger partial charge on any atom is -0.299 e. The highest BCUT2D eigenvalue weighted by Gasteiger charge is 2.26. The summed E-state index contributed by atoms with van der Waals surface area (Å²) < 4.78 is 0. The van der Waals surface area contributed by atoms with Crippen molar-refractivity contribution in [2.24, 2.45) is 0 Å². The third-order valence-electron chi connectivity index (χ3n) is 6.52. The maximum absolute atomic E-state index is 11.6. The summed E-state index contributed by atoms with van der Waals surface area (Å²) in [7, 11) is 3.51. The summed E-state index contributed by atoms with van der Waals surface area (Å²) in [6.45, 7) is 0. The molecule has 2 aromatic heterocycles. The predicted molar refractivity (Wildman–Crippen MR) is 148 cm³/mol. The van der Waals surface area contributed by atoms with Crippen molar-refractivity contribution in [1.29, 1.82) is 0 Å². The van der Waals surface area contributed by atoms with Crippen molar-refractivity contribution < 1.29 is 9.59 Å². The minimum atomic E-state index is 0.0634. The van der Waals surface area contributed by atoms with Gasteiger partial charge in [0.15, 0.2) is 5.82 Å². The van der Waals surface area contributed by atoms with E-state index in [9.17, 15) is 9.59 Å². The fourth-order valence-electron chi connectivity index (χ4n) is 4.31. The summed E-state index contributed by atoms with van der Waals surface area (Å²) in [6.07, 6.45) is 9.85. The first kappa shape index (κ1) is 25.0. The normalized spacial score (nSPS) is 13.9. The molecule has 0 atom stereocenters. The zero-order valence-electron chi connectivity index (χ0n) is 21.4. The van der Waals surface area contributed by atoms with E-state index in [1.165, 1.54) is 5.56 Å². The van der Waals surface area contributed by atoms with E-state index in [1.54, 1.807) is 36.3 Å². The molecule has 2 aromatic carbocycles. The van der Waals surface area contributed by atoms with Crippen molar-refractivity contribution in [2.75, 3.05) is 23.9 Å². The van der Waals surface area contributed by atoms with Crippen LogP contribution in [0.2, 0.25) is 0 Å². The van der Waals surface area contributed by atoms with E-state index in [2.05, 4.69) is 32.1 Å². The van der Waals surface area contributed by atoms with Crippen molar-refractivity contribution >= 4 is 35.6 Å². The summed E-state index contributed by atoms with van der Waals surface area (Å²) >= 11 is 0. The molecule has 2 aliphatic rings. The van der Waals surface area contributed by atoms with Crippen LogP contribution in [0, 0.1) is 0 Å². The van der Waals surface area contributed by atoms with Gasteiger partial charge in [0, 0.05) is 44.0 Å². The summed E-state index contributed by atoms with van der Waals surface area (Å²) in [6, 6.07) is 20.2. The SMILES string of the molecule is CN1C(=O)Cc2cnc(/C=C/c3ccccc3)nc21.CN1C(=O)Cc2cnc(CCc3ccccc3)nc21. The number of fused-ring (bicyclic) bond motifs is 2. The predicted octanol–water partition coefficient (Wildman–Crippen LogP) is 3.95. The maximum Gasteiger partial charge on any atom is 0.232 e. The lowest BCUT2D eigenvalue weighted by molar-refractivity contribution is -0.117. The molecule has 2 aliphatic heterocycles. The number of nitrogens with zero attached hydrogens (tertiary/aromatic N) is 6. The molecule has 0 N–H and O–H groups in total. The van der Waals surface area contributed by atoms with Gasteiger partial charge in [-0.3, -0.25) is 19.4 Å². The van der Waals surface area contributed by atoms with Crippen LogP contribution in [-0.4, -0.2) is 45.8 Å². The lowest BCUT2D eigenvalue weighted by Crippen LogP contribution is -2.21. The van der Waals surface area contributed by atoms with Gasteiger partial charge in [-0.05, 0) is 23.6 Å². The third kappa shape index (κ3) is 5.64. The van der Waals surface area contributed by atoms with Crippen LogP contribution in [0.5, 0.6) is 0 Å². The molecule has 0 fully saturated rings. The van der Waals surface area contributed by atoms with Crippen molar-refractivity contribution in [2.45, 2.75) is 25.7 Å². The maximum atomic E-state index is 11.6. The molecule has 6 rings (SSSR count). The van der Waals surface area contributed by atoms with Crippen LogP contribution in [0.15, 0.2) is 73.1 Å². The highest BCUT2D eigenvalue weighted by Crippen LogP contribution is 2.25. The molecule has 0 aliphatic carbocycles. The standard InChI is InChI=1S/C15H15N3O.C15H13N3O/c2*1-18-14(19)9-12-10-16-13(17-15(12)18)8-7-11-5-3-2-4-6-11/h2-6,10H,7-9H2,1H3;2-8,10H,9H2,1H3/b;8-7+. The van der Waals surface area contributed by atoms with Gasteiger partial charge in [0.25, 0.3) is 0 Å². The Morgan fingerprint density at radius 2 is 1.29 bits per heavy atom. The summed E-state index contributed by atoms with van der Waals surface area (Å²) in [5.41, 5.74) is 4.19. The van der Waals surface area contributed by atoms with Crippen molar-refractivity contribution in [1.82, 2.24) is 19.9 Å². The van der Waals surface area contributed by atoms with Gasteiger partial charge in [-0.2, -0.15) is 0 Å². The minimum absolute atomic E-state index is 0.0634. The second-order valence-electron chi connectivity index (χ2n) is 9.20. The van der Waals surface area contributed by atoms with Gasteiger partial charge in [0.1, 0.15) is 17.5 Å². The Bertz CT molecular complexity index is 1490. The molecule has 0 saturated heterocycles. The quantitative estimate of drug-likeness (QED) is 0.409. The highest BCUT2D eigenvalue weighted by molar-refractivity contribution is 6.00. The van der Waals surface area contributed by atoms with E-state index in [-0.39, 0.29) is 11.8 Å². The Morgan fingerprint density at radius 1 is 0.711 bits per heavy atom. The second-order valence-corrected chi connectivity index (χ2v) is 9.20. The number of rotatable bonds is 5. The molecule has 8 nitrogen and oxygen atoms in total. The molecule has 0 bridgehead atoms. The number of likely N-dealkylation sites (N-methyl/N-ethyl adjacent to an activating group) is 2. The Kier molecular flexibility index (Phi) is 7.31. The fraction of sp³-hybridized carbons (Fsp3) is 0.200. The number of benzene rings is 2. The van der Waals surface area contributed by atoms with Crippen LogP contribution >= 0.6 is 0 Å². The number of amides is 2. The number of hydrogen-bond donors (Lipinski definition) is 0. The van der Waals surface area contributed by atoms with Crippen LogP contribution in [0.3, 0.4) is 0 Å². The van der Waals surface area contributed by atoms with Crippen LogP contribution in [-0.2, 0) is 35.3 Å². The Labute approximate surface area is 221 Å². The van der Waals surface area contributed by atoms with E-state index in [1.807, 2.05) is 60.7 Å². The van der Waals surface area contributed by atoms with E-state index < -0.39 is 0 Å². The zero-order chi connectivity index (χ0) is 26.5. The van der Waals surface area contributed by atoms with Gasteiger partial charge in [0.05, 0.1) is 12.8 Å². The zero-order valence-corrected chi connectivity index (χ0v) is 21.4. The first-order chi connectivity index (χ1) is 18.5. The average Bonchev–Trinajstić information content (AvgIpc) is 3.40. The average molecular weight is 505 g/mol. The van der Waals surface area contributed by atoms with E-state index in [0.29, 0.717) is 24.5 Å². The molecule has 0 saturated carbocycles. The Morgan fingerprint density at radius 3 is 1.95 bits per heavy atom. The third-order valence-corrected chi connectivity index (χ3v) is 6.52. The van der Waals surface area contributed by atoms with Gasteiger partial charge in [-0.15, -0.1) is 0 Å². The van der Waals surface area contributed by atoms with Gasteiger partial charge >= 0.3 is 0 Å². The molecular weight excluding hydrogens is 476 g/mol. The number of carbonyl (C=O) groups is 2. The first-order valence-corrected chi connectivity index (χ1v) is 12.5. The molecule has 0 unspecified atom stereocenters. The molecular formula is C30H28N6O2. The van der Waals surface area contributed by atoms with Gasteiger partial charge < -0.3 is 0 Å². The molecule has 0 spiro atoms. The van der Waals surface area contributed by atoms with Crippen molar-refractivity contribution in [3.8, 4) is 0 Å². The smallest absolute Gasteiger partial charge is 0.232 e. The number of hydrogen-bond acceptors (Lipinski definition) is 6. The molecule has 8 heteroatoms. The molecule has 2 amide bonds. The van der Waals surface area contributed by atoms with E-state index >= 15 is 0 Å². The monoisotopic (exact) mass is 504 g/mol. The largest absolute Gasteiger partial charge is 0.299 e. The van der Waals surface area contributed by atoms with Gasteiger partial charge in [-0.25, -0.2) is 19.9 Å². The van der Waals surface area contributed by atoms with Crippen LogP contribution in [0.25, 0.3) is 12.2 Å². The second kappa shape index (κ2) is 11.1. The number of aryl methyl sites for hydroxylation is 2. The highest BCUT2D eigenvalue weighted by atomic mass is 16.2. The van der Waals surface area contributed by atoms with Gasteiger partial charge in [0.2, 0.25) is 11.8 Å². The molecule has 4 heterocycles. The van der Waals surface area contributed by atoms with E-state index in [4.69, 9.17) is 0 Å². The number of carbonyl (C=O) groups excluding carboxylic acids is 2. The molecule has 4 aromatic rings. The summed E-state index contributed by atoms with van der Waals surface area (Å²) in [5, 5.41) is 0. The van der Waals surface area contributed by atoms with Crippen LogP contribution in [0.4, 0.5) is 11.6 Å². The molecule has 38 heavy (non-hydrogen) atoms. The van der Waals surface area contributed by atoms with Crippen molar-refractivity contribution in [3.05, 3.63) is 107 Å². The summed E-state index contributed by atoms with van der Waals surface area (Å²) in [5.74, 6) is 3.04. The van der Waals surface area contributed by atoms with E-state index in [0.717, 1.165) is 41.2 Å². The number of aromatic nitrogens is 4. The Balaban J connectivity index is 0.000000155. The van der Waals surface area contributed by atoms with Crippen molar-refractivity contribution in [3.63, 3.8) is 0 Å². The lowest BCUT2D eigenvalue weighted by Gasteiger charge is -2.09. The first-order valence-electron chi connectivity index (χ1n) is 12.5. The Hall–Kier alpha value is -4.72. The topological polar surface area (TPSA) is 92.2 Å². The fourth-order valence-corrected chi connectivity index (χ4v) is 4.31.